The van der Waals surface area contributed by atoms with Gasteiger partial charge in [0.2, 0.25) is 0 Å². The molecule has 21 heavy (non-hydrogen) atoms. The van der Waals surface area contributed by atoms with E-state index < -0.39 is 0 Å². The average Bonchev–Trinajstić information content (AvgIpc) is 3.09. The summed E-state index contributed by atoms with van der Waals surface area (Å²) in [6.07, 6.45) is 1.99. The fourth-order valence-electron chi connectivity index (χ4n) is 2.57. The summed E-state index contributed by atoms with van der Waals surface area (Å²) in [5.41, 5.74) is 4.11. The predicted octanol–water partition coefficient (Wildman–Crippen LogP) is 3.27. The maximum atomic E-state index is 6.08. The van der Waals surface area contributed by atoms with Crippen LogP contribution in [-0.2, 0) is 25.9 Å². The summed E-state index contributed by atoms with van der Waals surface area (Å²) >= 11 is 7.75. The molecule has 0 saturated heterocycles. The van der Waals surface area contributed by atoms with E-state index in [-0.39, 0.29) is 0 Å². The molecular formula is C14H18ClN5S. The minimum absolute atomic E-state index is 0.393. The van der Waals surface area contributed by atoms with Gasteiger partial charge in [0.25, 0.3) is 0 Å². The molecule has 0 aliphatic rings. The lowest BCUT2D eigenvalue weighted by atomic mass is 10.2. The quantitative estimate of drug-likeness (QED) is 0.677. The molecular weight excluding hydrogens is 306 g/mol. The Morgan fingerprint density at radius 2 is 2.14 bits per heavy atom. The first-order valence-corrected chi connectivity index (χ1v) is 8.43. The van der Waals surface area contributed by atoms with Gasteiger partial charge in [0, 0.05) is 18.1 Å². The second kappa shape index (κ2) is 5.77. The molecule has 112 valence electrons. The van der Waals surface area contributed by atoms with E-state index in [0.29, 0.717) is 12.4 Å². The molecule has 0 fully saturated rings. The number of aryl methyl sites for hydroxylation is 3. The van der Waals surface area contributed by atoms with Crippen LogP contribution in [0.4, 0.5) is 0 Å². The number of alkyl halides is 1. The van der Waals surface area contributed by atoms with Crippen molar-refractivity contribution < 1.29 is 0 Å². The highest BCUT2D eigenvalue weighted by atomic mass is 35.5. The summed E-state index contributed by atoms with van der Waals surface area (Å²) < 4.78 is 4.04. The highest BCUT2D eigenvalue weighted by Crippen LogP contribution is 2.23. The zero-order valence-electron chi connectivity index (χ0n) is 12.4. The molecule has 0 aliphatic heterocycles. The number of hydrogen-bond donors (Lipinski definition) is 0. The average molecular weight is 324 g/mol. The van der Waals surface area contributed by atoms with Crippen LogP contribution in [0.25, 0.3) is 11.2 Å². The third-order valence-corrected chi connectivity index (χ3v) is 4.63. The Morgan fingerprint density at radius 1 is 1.33 bits per heavy atom. The molecule has 3 heterocycles. The Balaban J connectivity index is 2.11. The molecule has 0 spiro atoms. The first-order valence-electron chi connectivity index (χ1n) is 7.02. The van der Waals surface area contributed by atoms with Crippen LogP contribution in [-0.4, -0.2) is 24.3 Å². The molecule has 7 heteroatoms. The largest absolute Gasteiger partial charge is 0.305 e. The van der Waals surface area contributed by atoms with E-state index in [9.17, 15) is 0 Å². The summed E-state index contributed by atoms with van der Waals surface area (Å²) in [6, 6.07) is 0. The van der Waals surface area contributed by atoms with E-state index in [4.69, 9.17) is 16.6 Å². The van der Waals surface area contributed by atoms with Crippen LogP contribution >= 0.6 is 22.9 Å². The summed E-state index contributed by atoms with van der Waals surface area (Å²) in [6.45, 7) is 4.86. The molecule has 3 aromatic heterocycles. The van der Waals surface area contributed by atoms with Gasteiger partial charge < -0.3 is 4.57 Å². The van der Waals surface area contributed by atoms with Crippen molar-refractivity contribution in [3.05, 3.63) is 27.6 Å². The first kappa shape index (κ1) is 14.5. The molecule has 0 amide bonds. The predicted molar refractivity (Wildman–Crippen MR) is 86.0 cm³/mol. The number of halogens is 1. The third-order valence-electron chi connectivity index (χ3n) is 3.44. The lowest BCUT2D eigenvalue weighted by Gasteiger charge is -2.05. The van der Waals surface area contributed by atoms with Gasteiger partial charge in [-0.2, -0.15) is 5.10 Å². The van der Waals surface area contributed by atoms with Gasteiger partial charge in [-0.25, -0.2) is 9.97 Å². The monoisotopic (exact) mass is 323 g/mol. The molecule has 3 aromatic rings. The molecule has 0 unspecified atom stereocenters. The standard InChI is InChI=1S/C14H18ClN5S/c1-4-5-10-13-14(19(3)18-10)20(11(6-15)17-13)7-12-16-9(2)8-21-12/h8H,4-7H2,1-3H3. The minimum Gasteiger partial charge on any atom is -0.305 e. The van der Waals surface area contributed by atoms with E-state index in [1.165, 1.54) is 0 Å². The second-order valence-electron chi connectivity index (χ2n) is 5.12. The normalized spacial score (nSPS) is 11.6. The Bertz CT molecular complexity index is 770. The fraction of sp³-hybridized carbons (Fsp3) is 0.500. The topological polar surface area (TPSA) is 48.5 Å². The SMILES string of the molecule is CCCc1nn(C)c2c1nc(CCl)n2Cc1nc(C)cs1. The van der Waals surface area contributed by atoms with Crippen LogP contribution < -0.4 is 0 Å². The van der Waals surface area contributed by atoms with E-state index in [2.05, 4.69) is 27.0 Å². The summed E-state index contributed by atoms with van der Waals surface area (Å²) in [5, 5.41) is 7.73. The molecule has 5 nitrogen and oxygen atoms in total. The van der Waals surface area contributed by atoms with Crippen LogP contribution in [0, 0.1) is 6.92 Å². The molecule has 0 aromatic carbocycles. The van der Waals surface area contributed by atoms with Gasteiger partial charge >= 0.3 is 0 Å². The van der Waals surface area contributed by atoms with Gasteiger partial charge in [-0.3, -0.25) is 4.68 Å². The number of imidazole rings is 1. The number of aromatic nitrogens is 5. The zero-order chi connectivity index (χ0) is 15.0. The van der Waals surface area contributed by atoms with Crippen molar-refractivity contribution in [3.8, 4) is 0 Å². The molecule has 0 N–H and O–H groups in total. The number of nitrogens with zero attached hydrogens (tertiary/aromatic N) is 5. The maximum Gasteiger partial charge on any atom is 0.159 e. The number of rotatable bonds is 5. The Kier molecular flexibility index (Phi) is 3.99. The van der Waals surface area contributed by atoms with E-state index in [0.717, 1.165) is 46.2 Å². The number of fused-ring (bicyclic) bond motifs is 1. The molecule has 3 rings (SSSR count). The fourth-order valence-corrected chi connectivity index (χ4v) is 3.53. The van der Waals surface area contributed by atoms with Crippen LogP contribution in [0.2, 0.25) is 0 Å². The van der Waals surface area contributed by atoms with Crippen molar-refractivity contribution in [3.63, 3.8) is 0 Å². The van der Waals surface area contributed by atoms with E-state index in [1.807, 2.05) is 18.7 Å². The highest BCUT2D eigenvalue weighted by molar-refractivity contribution is 7.09. The van der Waals surface area contributed by atoms with E-state index in [1.54, 1.807) is 11.3 Å². The molecule has 0 radical (unpaired) electrons. The summed E-state index contributed by atoms with van der Waals surface area (Å²) in [7, 11) is 1.96. The van der Waals surface area contributed by atoms with Gasteiger partial charge in [-0.1, -0.05) is 13.3 Å². The lowest BCUT2D eigenvalue weighted by Crippen LogP contribution is -2.07. The van der Waals surface area contributed by atoms with Crippen molar-refractivity contribution in [1.29, 1.82) is 0 Å². The van der Waals surface area contributed by atoms with Gasteiger partial charge in [0.15, 0.2) is 5.65 Å². The number of hydrogen-bond acceptors (Lipinski definition) is 4. The minimum atomic E-state index is 0.393. The number of thiazole rings is 1. The molecule has 0 atom stereocenters. The van der Waals surface area contributed by atoms with Crippen molar-refractivity contribution in [2.75, 3.05) is 0 Å². The Morgan fingerprint density at radius 3 is 2.76 bits per heavy atom. The van der Waals surface area contributed by atoms with Crippen molar-refractivity contribution in [2.24, 2.45) is 7.05 Å². The first-order chi connectivity index (χ1) is 10.1. The maximum absolute atomic E-state index is 6.08. The Hall–Kier alpha value is -1.40. The van der Waals surface area contributed by atoms with Crippen molar-refractivity contribution in [2.45, 2.75) is 39.1 Å². The second-order valence-corrected chi connectivity index (χ2v) is 6.33. The van der Waals surface area contributed by atoms with Crippen molar-refractivity contribution in [1.82, 2.24) is 24.3 Å². The van der Waals surface area contributed by atoms with Gasteiger partial charge in [-0.05, 0) is 13.3 Å². The van der Waals surface area contributed by atoms with Gasteiger partial charge in [0.05, 0.1) is 18.1 Å². The Labute approximate surface area is 132 Å². The lowest BCUT2D eigenvalue weighted by molar-refractivity contribution is 0.690. The van der Waals surface area contributed by atoms with Crippen LogP contribution in [0.1, 0.15) is 35.6 Å². The molecule has 0 saturated carbocycles. The highest BCUT2D eigenvalue weighted by Gasteiger charge is 2.19. The van der Waals surface area contributed by atoms with Gasteiger partial charge in [0.1, 0.15) is 16.3 Å². The van der Waals surface area contributed by atoms with E-state index >= 15 is 0 Å². The molecule has 0 aliphatic carbocycles. The van der Waals surface area contributed by atoms with Crippen LogP contribution in [0.15, 0.2) is 5.38 Å². The zero-order valence-corrected chi connectivity index (χ0v) is 14.0. The smallest absolute Gasteiger partial charge is 0.159 e. The van der Waals surface area contributed by atoms with Crippen LogP contribution in [0.5, 0.6) is 0 Å². The molecule has 0 bridgehead atoms. The summed E-state index contributed by atoms with van der Waals surface area (Å²) in [5.74, 6) is 1.27. The third kappa shape index (κ3) is 2.58. The van der Waals surface area contributed by atoms with Crippen LogP contribution in [0.3, 0.4) is 0 Å². The summed E-state index contributed by atoms with van der Waals surface area (Å²) in [4.78, 5) is 9.24. The van der Waals surface area contributed by atoms with Crippen molar-refractivity contribution >= 4 is 34.1 Å². The van der Waals surface area contributed by atoms with Gasteiger partial charge in [-0.15, -0.1) is 22.9 Å².